The van der Waals surface area contributed by atoms with E-state index in [4.69, 9.17) is 14.2 Å². The molecule has 1 aromatic heterocycles. The van der Waals surface area contributed by atoms with Gasteiger partial charge in [-0.3, -0.25) is 9.78 Å². The Kier molecular flexibility index (Phi) is 6.13. The molecule has 0 bridgehead atoms. The average Bonchev–Trinajstić information content (AvgIpc) is 3.35. The highest BCUT2D eigenvalue weighted by atomic mass is 16.5. The van der Waals surface area contributed by atoms with E-state index in [1.54, 1.807) is 37.4 Å². The van der Waals surface area contributed by atoms with Crippen molar-refractivity contribution in [2.75, 3.05) is 7.11 Å². The first-order chi connectivity index (χ1) is 18.9. The number of aromatic nitrogens is 1. The predicted octanol–water partition coefficient (Wildman–Crippen LogP) is 4.51. The van der Waals surface area contributed by atoms with Gasteiger partial charge in [-0.05, 0) is 35.7 Å². The number of pyridine rings is 1. The number of hydrogen-bond donors (Lipinski definition) is 2. The molecule has 0 unspecified atom stereocenters. The van der Waals surface area contributed by atoms with Crippen molar-refractivity contribution in [3.8, 4) is 17.2 Å². The molecule has 1 aliphatic heterocycles. The third-order valence-corrected chi connectivity index (χ3v) is 7.99. The molecular weight excluding hydrogens is 494 g/mol. The number of Topliss-reactive ketones (excluding diaryl/α,β-unsaturated/α-hetero) is 1. The molecule has 7 nitrogen and oxygen atoms in total. The van der Waals surface area contributed by atoms with Crippen LogP contribution in [0.25, 0.3) is 0 Å². The summed E-state index contributed by atoms with van der Waals surface area (Å²) in [5.74, 6) is -0.529. The van der Waals surface area contributed by atoms with Gasteiger partial charge in [-0.1, -0.05) is 72.8 Å². The van der Waals surface area contributed by atoms with Gasteiger partial charge in [-0.2, -0.15) is 0 Å². The highest BCUT2D eigenvalue weighted by Crippen LogP contribution is 2.68. The molecule has 2 N–H and O–H groups in total. The number of methoxy groups -OCH3 is 1. The number of hydrogen-bond acceptors (Lipinski definition) is 7. The van der Waals surface area contributed by atoms with Crippen LogP contribution in [0.3, 0.4) is 0 Å². The minimum absolute atomic E-state index is 0.169. The summed E-state index contributed by atoms with van der Waals surface area (Å²) in [5, 5.41) is 24.3. The molecule has 1 fully saturated rings. The summed E-state index contributed by atoms with van der Waals surface area (Å²) in [6, 6.07) is 28.0. The van der Waals surface area contributed by atoms with Gasteiger partial charge in [-0.15, -0.1) is 0 Å². The largest absolute Gasteiger partial charge is 0.497 e. The predicted molar refractivity (Wildman–Crippen MR) is 144 cm³/mol. The lowest BCUT2D eigenvalue weighted by atomic mass is 9.71. The van der Waals surface area contributed by atoms with Crippen LogP contribution in [0.4, 0.5) is 0 Å². The Morgan fingerprint density at radius 2 is 1.64 bits per heavy atom. The first-order valence-electron chi connectivity index (χ1n) is 12.9. The topological polar surface area (TPSA) is 98.1 Å². The van der Waals surface area contributed by atoms with Gasteiger partial charge in [0.15, 0.2) is 11.2 Å². The van der Waals surface area contributed by atoms with Crippen molar-refractivity contribution in [1.29, 1.82) is 0 Å². The van der Waals surface area contributed by atoms with E-state index in [2.05, 4.69) is 4.98 Å². The number of ether oxygens (including phenoxy) is 3. The molecule has 2 aliphatic rings. The standard InChI is InChI=1S/C32H29NO6/c1-20(34)27-28(22-11-7-4-8-12-22)32(23-13-15-24(37-2)16-14-23)31(36,30(27)35)29-26(39-32)17-25(18-33-29)38-19-21-9-5-3-6-10-21/h3-18,27-28,30,35-36H,19H2,1-2H3/t27-,28-,30-,31+,32+/m1/s1. The summed E-state index contributed by atoms with van der Waals surface area (Å²) in [6.07, 6.45) is 0.0329. The number of carbonyl (C=O) groups is 1. The first kappa shape index (κ1) is 25.1. The fourth-order valence-corrected chi connectivity index (χ4v) is 6.25. The summed E-state index contributed by atoms with van der Waals surface area (Å²) in [6.45, 7) is 1.77. The Balaban J connectivity index is 1.52. The third kappa shape index (κ3) is 3.72. The molecule has 1 aliphatic carbocycles. The first-order valence-corrected chi connectivity index (χ1v) is 12.9. The summed E-state index contributed by atoms with van der Waals surface area (Å²) >= 11 is 0. The maximum Gasteiger partial charge on any atom is 0.181 e. The molecule has 39 heavy (non-hydrogen) atoms. The second-order valence-corrected chi connectivity index (χ2v) is 10.1. The Bertz CT molecular complexity index is 1490. The second-order valence-electron chi connectivity index (χ2n) is 10.1. The normalized spacial score (nSPS) is 26.8. The number of carbonyl (C=O) groups excluding carboxylic acids is 1. The number of nitrogens with zero attached hydrogens (tertiary/aromatic N) is 1. The van der Waals surface area contributed by atoms with E-state index >= 15 is 0 Å². The molecule has 2 heterocycles. The van der Waals surface area contributed by atoms with Crippen LogP contribution in [0.1, 0.15) is 35.2 Å². The smallest absolute Gasteiger partial charge is 0.181 e. The monoisotopic (exact) mass is 523 g/mol. The molecular formula is C32H29NO6. The fourth-order valence-electron chi connectivity index (χ4n) is 6.25. The molecule has 1 saturated carbocycles. The number of ketones is 1. The summed E-state index contributed by atoms with van der Waals surface area (Å²) in [5.41, 5.74) is -1.06. The van der Waals surface area contributed by atoms with E-state index in [1.165, 1.54) is 13.1 Å². The van der Waals surface area contributed by atoms with E-state index in [1.807, 2.05) is 60.7 Å². The zero-order valence-electron chi connectivity index (χ0n) is 21.7. The van der Waals surface area contributed by atoms with Crippen LogP contribution >= 0.6 is 0 Å². The highest BCUT2D eigenvalue weighted by molar-refractivity contribution is 5.82. The van der Waals surface area contributed by atoms with Gasteiger partial charge < -0.3 is 24.4 Å². The van der Waals surface area contributed by atoms with E-state index in [-0.39, 0.29) is 11.5 Å². The number of rotatable bonds is 7. The van der Waals surface area contributed by atoms with Crippen molar-refractivity contribution >= 4 is 5.78 Å². The number of fused-ring (bicyclic) bond motifs is 3. The molecule has 0 saturated heterocycles. The van der Waals surface area contributed by atoms with E-state index in [0.717, 1.165) is 11.1 Å². The average molecular weight is 524 g/mol. The molecule has 3 aromatic carbocycles. The van der Waals surface area contributed by atoms with Crippen molar-refractivity contribution in [2.45, 2.75) is 36.8 Å². The van der Waals surface area contributed by atoms with Crippen LogP contribution in [0, 0.1) is 5.92 Å². The van der Waals surface area contributed by atoms with Crippen LogP contribution < -0.4 is 14.2 Å². The van der Waals surface area contributed by atoms with Gasteiger partial charge >= 0.3 is 0 Å². The van der Waals surface area contributed by atoms with Gasteiger partial charge in [-0.25, -0.2) is 0 Å². The van der Waals surface area contributed by atoms with Gasteiger partial charge in [0.1, 0.15) is 41.4 Å². The van der Waals surface area contributed by atoms with Crippen molar-refractivity contribution in [1.82, 2.24) is 4.98 Å². The molecule has 0 amide bonds. The Morgan fingerprint density at radius 1 is 0.974 bits per heavy atom. The maximum absolute atomic E-state index is 13.1. The highest BCUT2D eigenvalue weighted by Gasteiger charge is 2.77. The minimum atomic E-state index is -2.02. The van der Waals surface area contributed by atoms with Gasteiger partial charge in [0.05, 0.1) is 19.2 Å². The molecule has 198 valence electrons. The van der Waals surface area contributed by atoms with Crippen molar-refractivity contribution in [3.63, 3.8) is 0 Å². The zero-order valence-corrected chi connectivity index (χ0v) is 21.7. The van der Waals surface area contributed by atoms with Gasteiger partial charge in [0.2, 0.25) is 0 Å². The van der Waals surface area contributed by atoms with Crippen molar-refractivity contribution in [3.05, 3.63) is 120 Å². The summed E-state index contributed by atoms with van der Waals surface area (Å²) < 4.78 is 18.1. The van der Waals surface area contributed by atoms with Crippen molar-refractivity contribution < 1.29 is 29.2 Å². The van der Waals surface area contributed by atoms with Crippen LogP contribution in [0.2, 0.25) is 0 Å². The third-order valence-electron chi connectivity index (χ3n) is 7.99. The molecule has 6 rings (SSSR count). The van der Waals surface area contributed by atoms with E-state index < -0.39 is 29.1 Å². The molecule has 4 aromatic rings. The van der Waals surface area contributed by atoms with Crippen LogP contribution in [-0.4, -0.2) is 34.2 Å². The summed E-state index contributed by atoms with van der Waals surface area (Å²) in [4.78, 5) is 17.7. The number of aliphatic hydroxyl groups excluding tert-OH is 1. The maximum atomic E-state index is 13.1. The molecule has 0 radical (unpaired) electrons. The lowest BCUT2D eigenvalue weighted by molar-refractivity contribution is -0.155. The zero-order chi connectivity index (χ0) is 27.2. The molecule has 7 heteroatoms. The van der Waals surface area contributed by atoms with Crippen LogP contribution in [-0.2, 0) is 22.6 Å². The van der Waals surface area contributed by atoms with Crippen molar-refractivity contribution in [2.24, 2.45) is 5.92 Å². The SMILES string of the molecule is COc1ccc([C@@]23Oc4cc(OCc5ccccc5)cnc4[C@]2(O)[C@H](O)[C@H](C(C)=O)[C@H]3c2ccccc2)cc1. The minimum Gasteiger partial charge on any atom is -0.497 e. The lowest BCUT2D eigenvalue weighted by Crippen LogP contribution is -2.52. The number of benzene rings is 3. The van der Waals surface area contributed by atoms with Crippen LogP contribution in [0.15, 0.2) is 97.2 Å². The van der Waals surface area contributed by atoms with E-state index in [9.17, 15) is 15.0 Å². The Hall–Kier alpha value is -4.20. The quantitative estimate of drug-likeness (QED) is 0.368. The van der Waals surface area contributed by atoms with E-state index in [0.29, 0.717) is 29.4 Å². The summed E-state index contributed by atoms with van der Waals surface area (Å²) in [7, 11) is 1.57. The Labute approximate surface area is 226 Å². The molecule has 5 atom stereocenters. The van der Waals surface area contributed by atoms with Gasteiger partial charge in [0, 0.05) is 12.0 Å². The molecule has 0 spiro atoms. The Morgan fingerprint density at radius 3 is 2.28 bits per heavy atom. The lowest BCUT2D eigenvalue weighted by Gasteiger charge is -2.40. The number of aliphatic hydroxyl groups is 2. The van der Waals surface area contributed by atoms with Gasteiger partial charge in [0.25, 0.3) is 0 Å². The van der Waals surface area contributed by atoms with Crippen LogP contribution in [0.5, 0.6) is 17.2 Å². The second kappa shape index (κ2) is 9.52. The fraction of sp³-hybridized carbons (Fsp3) is 0.250.